The molecule has 20 heavy (non-hydrogen) atoms. The molecule has 1 heterocycles. The number of carboxylic acids is 1. The molecule has 0 bridgehead atoms. The minimum atomic E-state index is -1.04. The van der Waals surface area contributed by atoms with E-state index in [4.69, 9.17) is 9.84 Å². The van der Waals surface area contributed by atoms with Gasteiger partial charge in [-0.15, -0.1) is 0 Å². The Kier molecular flexibility index (Phi) is 4.97. The summed E-state index contributed by atoms with van der Waals surface area (Å²) in [5, 5.41) is 14.4. The highest BCUT2D eigenvalue weighted by Crippen LogP contribution is 2.23. The third-order valence-corrected chi connectivity index (χ3v) is 3.71. The first-order valence-corrected chi connectivity index (χ1v) is 7.03. The van der Waals surface area contributed by atoms with Crippen LogP contribution < -0.4 is 10.6 Å². The van der Waals surface area contributed by atoms with Gasteiger partial charge in [-0.05, 0) is 47.0 Å². The van der Waals surface area contributed by atoms with Crippen LogP contribution in [0, 0.1) is 0 Å². The van der Waals surface area contributed by atoms with Crippen LogP contribution in [-0.2, 0) is 4.74 Å². The molecular formula is C13H15BrN2O4. The number of carboxylic acid groups (broad SMARTS) is 1. The van der Waals surface area contributed by atoms with Crippen LogP contribution in [0.2, 0.25) is 0 Å². The number of anilines is 1. The second kappa shape index (κ2) is 6.71. The molecular weight excluding hydrogens is 328 g/mol. The number of amides is 2. The molecule has 1 aliphatic rings. The average molecular weight is 343 g/mol. The number of aromatic carboxylic acids is 1. The van der Waals surface area contributed by atoms with Crippen LogP contribution in [0.1, 0.15) is 23.2 Å². The van der Waals surface area contributed by atoms with E-state index in [-0.39, 0.29) is 17.6 Å². The standard InChI is InChI=1S/C13H15BrN2O4/c14-10-2-1-8(12(17)18)7-11(10)16-13(19)15-9-3-5-20-6-4-9/h1-2,7,9H,3-6H2,(H,17,18)(H2,15,16,19). The van der Waals surface area contributed by atoms with Crippen molar-refractivity contribution in [1.29, 1.82) is 0 Å². The van der Waals surface area contributed by atoms with Gasteiger partial charge in [0.25, 0.3) is 0 Å². The smallest absolute Gasteiger partial charge is 0.335 e. The fourth-order valence-corrected chi connectivity index (χ4v) is 2.29. The van der Waals surface area contributed by atoms with Crippen LogP contribution in [0.25, 0.3) is 0 Å². The maximum absolute atomic E-state index is 11.9. The van der Waals surface area contributed by atoms with Crippen molar-refractivity contribution in [2.75, 3.05) is 18.5 Å². The van der Waals surface area contributed by atoms with Crippen LogP contribution >= 0.6 is 15.9 Å². The van der Waals surface area contributed by atoms with Gasteiger partial charge in [0.2, 0.25) is 0 Å². The fourth-order valence-electron chi connectivity index (χ4n) is 1.94. The van der Waals surface area contributed by atoms with Gasteiger partial charge >= 0.3 is 12.0 Å². The molecule has 108 valence electrons. The quantitative estimate of drug-likeness (QED) is 0.787. The van der Waals surface area contributed by atoms with Crippen molar-refractivity contribution in [2.45, 2.75) is 18.9 Å². The van der Waals surface area contributed by atoms with Crippen LogP contribution in [0.15, 0.2) is 22.7 Å². The number of hydrogen-bond acceptors (Lipinski definition) is 3. The van der Waals surface area contributed by atoms with Crippen LogP contribution in [0.3, 0.4) is 0 Å². The van der Waals surface area contributed by atoms with E-state index in [1.54, 1.807) is 6.07 Å². The van der Waals surface area contributed by atoms with E-state index in [1.165, 1.54) is 12.1 Å². The Hall–Kier alpha value is -1.60. The fraction of sp³-hybridized carbons (Fsp3) is 0.385. The minimum Gasteiger partial charge on any atom is -0.478 e. The van der Waals surface area contributed by atoms with Gasteiger partial charge in [-0.2, -0.15) is 0 Å². The number of nitrogens with one attached hydrogen (secondary N) is 2. The highest BCUT2D eigenvalue weighted by molar-refractivity contribution is 9.10. The first-order valence-electron chi connectivity index (χ1n) is 6.24. The van der Waals surface area contributed by atoms with Crippen molar-refractivity contribution in [3.63, 3.8) is 0 Å². The minimum absolute atomic E-state index is 0.0881. The van der Waals surface area contributed by atoms with Crippen molar-refractivity contribution >= 4 is 33.6 Å². The van der Waals surface area contributed by atoms with E-state index in [1.807, 2.05) is 0 Å². The van der Waals surface area contributed by atoms with Crippen LogP contribution in [0.5, 0.6) is 0 Å². The lowest BCUT2D eigenvalue weighted by atomic mass is 10.1. The number of halogens is 1. The summed E-state index contributed by atoms with van der Waals surface area (Å²) in [7, 11) is 0. The molecule has 1 aromatic rings. The molecule has 0 spiro atoms. The maximum Gasteiger partial charge on any atom is 0.335 e. The normalized spacial score (nSPS) is 15.7. The lowest BCUT2D eigenvalue weighted by Crippen LogP contribution is -2.41. The Morgan fingerprint density at radius 1 is 1.30 bits per heavy atom. The summed E-state index contributed by atoms with van der Waals surface area (Å²) in [6.45, 7) is 1.28. The number of benzene rings is 1. The second-order valence-corrected chi connectivity index (χ2v) is 5.34. The SMILES string of the molecule is O=C(Nc1cc(C(=O)O)ccc1Br)NC1CCOCC1. The molecule has 0 aliphatic carbocycles. The molecule has 1 aliphatic heterocycles. The van der Waals surface area contributed by atoms with Gasteiger partial charge in [0.05, 0.1) is 11.3 Å². The van der Waals surface area contributed by atoms with Crippen LogP contribution in [0.4, 0.5) is 10.5 Å². The van der Waals surface area contributed by atoms with E-state index >= 15 is 0 Å². The van der Waals surface area contributed by atoms with Crippen molar-refractivity contribution in [2.24, 2.45) is 0 Å². The lowest BCUT2D eigenvalue weighted by Gasteiger charge is -2.23. The largest absolute Gasteiger partial charge is 0.478 e. The Morgan fingerprint density at radius 3 is 2.65 bits per heavy atom. The summed E-state index contributed by atoms with van der Waals surface area (Å²) in [6.07, 6.45) is 1.56. The Labute approximate surface area is 124 Å². The summed E-state index contributed by atoms with van der Waals surface area (Å²) in [6, 6.07) is 4.21. The summed E-state index contributed by atoms with van der Waals surface area (Å²) < 4.78 is 5.85. The first-order chi connectivity index (χ1) is 9.56. The topological polar surface area (TPSA) is 87.7 Å². The predicted molar refractivity (Wildman–Crippen MR) is 77.1 cm³/mol. The molecule has 1 fully saturated rings. The van der Waals surface area contributed by atoms with Crippen molar-refractivity contribution in [1.82, 2.24) is 5.32 Å². The zero-order valence-electron chi connectivity index (χ0n) is 10.7. The van der Waals surface area contributed by atoms with Gasteiger partial charge < -0.3 is 20.5 Å². The van der Waals surface area contributed by atoms with Gasteiger partial charge in [0.1, 0.15) is 0 Å². The third kappa shape index (κ3) is 3.94. The molecule has 0 saturated carbocycles. The summed E-state index contributed by atoms with van der Waals surface area (Å²) in [5.74, 6) is -1.04. The van der Waals surface area contributed by atoms with E-state index in [9.17, 15) is 9.59 Å². The highest BCUT2D eigenvalue weighted by Gasteiger charge is 2.17. The van der Waals surface area contributed by atoms with Crippen molar-refractivity contribution < 1.29 is 19.4 Å². The van der Waals surface area contributed by atoms with Gasteiger partial charge in [0, 0.05) is 23.7 Å². The number of carbonyl (C=O) groups excluding carboxylic acids is 1. The Balaban J connectivity index is 1.99. The first kappa shape index (κ1) is 14.8. The molecule has 0 unspecified atom stereocenters. The molecule has 0 radical (unpaired) electrons. The van der Waals surface area contributed by atoms with Gasteiger partial charge in [-0.1, -0.05) is 0 Å². The maximum atomic E-state index is 11.9. The average Bonchev–Trinajstić information content (AvgIpc) is 2.42. The molecule has 0 atom stereocenters. The molecule has 2 rings (SSSR count). The molecule has 1 aromatic carbocycles. The summed E-state index contributed by atoms with van der Waals surface area (Å²) in [5.41, 5.74) is 0.545. The third-order valence-electron chi connectivity index (χ3n) is 3.02. The van der Waals surface area contributed by atoms with Crippen molar-refractivity contribution in [3.8, 4) is 0 Å². The molecule has 3 N–H and O–H groups in total. The molecule has 2 amide bonds. The zero-order chi connectivity index (χ0) is 14.5. The Morgan fingerprint density at radius 2 is 2.00 bits per heavy atom. The second-order valence-electron chi connectivity index (χ2n) is 4.48. The van der Waals surface area contributed by atoms with E-state index < -0.39 is 5.97 Å². The zero-order valence-corrected chi connectivity index (χ0v) is 12.3. The number of carbonyl (C=O) groups is 2. The number of rotatable bonds is 3. The monoisotopic (exact) mass is 342 g/mol. The summed E-state index contributed by atoms with van der Waals surface area (Å²) >= 11 is 3.28. The lowest BCUT2D eigenvalue weighted by molar-refractivity contribution is 0.0696. The Bertz CT molecular complexity index is 515. The highest BCUT2D eigenvalue weighted by atomic mass is 79.9. The number of urea groups is 1. The number of hydrogen-bond donors (Lipinski definition) is 3. The van der Waals surface area contributed by atoms with Crippen LogP contribution in [-0.4, -0.2) is 36.4 Å². The summed E-state index contributed by atoms with van der Waals surface area (Å²) in [4.78, 5) is 22.8. The van der Waals surface area contributed by atoms with Gasteiger partial charge in [0.15, 0.2) is 0 Å². The molecule has 0 aromatic heterocycles. The predicted octanol–water partition coefficient (Wildman–Crippen LogP) is 2.45. The van der Waals surface area contributed by atoms with E-state index in [2.05, 4.69) is 26.6 Å². The molecule has 1 saturated heterocycles. The molecule has 6 nitrogen and oxygen atoms in total. The number of ether oxygens (including phenoxy) is 1. The van der Waals surface area contributed by atoms with Gasteiger partial charge in [-0.3, -0.25) is 0 Å². The van der Waals surface area contributed by atoms with Gasteiger partial charge in [-0.25, -0.2) is 9.59 Å². The van der Waals surface area contributed by atoms with E-state index in [0.717, 1.165) is 12.8 Å². The molecule has 7 heteroatoms. The van der Waals surface area contributed by atoms with E-state index in [0.29, 0.717) is 23.4 Å². The van der Waals surface area contributed by atoms with Crippen molar-refractivity contribution in [3.05, 3.63) is 28.2 Å².